The van der Waals surface area contributed by atoms with Crippen LogP contribution in [0.2, 0.25) is 5.02 Å². The van der Waals surface area contributed by atoms with Crippen LogP contribution in [0, 0.1) is 11.3 Å². The van der Waals surface area contributed by atoms with Crippen molar-refractivity contribution >= 4 is 39.5 Å². The van der Waals surface area contributed by atoms with Gasteiger partial charge in [0.1, 0.15) is 18.2 Å². The van der Waals surface area contributed by atoms with Crippen molar-refractivity contribution in [2.75, 3.05) is 19.7 Å². The molecule has 0 spiro atoms. The quantitative estimate of drug-likeness (QED) is 0.375. The maximum absolute atomic E-state index is 12.6. The van der Waals surface area contributed by atoms with Gasteiger partial charge in [0.2, 0.25) is 0 Å². The number of hydrogen-bond donors (Lipinski definition) is 0. The fraction of sp³-hybridized carbons (Fsp3) is 0.304. The molecule has 1 saturated heterocycles. The molecule has 0 atom stereocenters. The van der Waals surface area contributed by atoms with Gasteiger partial charge in [0.05, 0.1) is 11.1 Å². The van der Waals surface area contributed by atoms with Crippen LogP contribution in [0.5, 0.6) is 11.5 Å². The van der Waals surface area contributed by atoms with Gasteiger partial charge in [-0.3, -0.25) is 4.79 Å². The van der Waals surface area contributed by atoms with E-state index in [1.54, 1.807) is 23.1 Å². The van der Waals surface area contributed by atoms with E-state index in [4.69, 9.17) is 21.1 Å². The first-order chi connectivity index (χ1) is 14.5. The SMILES string of the molecule is CCOc1cc(/C=C(\C#N)C(=O)N2CCCC2)cc(Br)c1OCc1ccccc1Cl. The number of ether oxygens (including phenoxy) is 2. The van der Waals surface area contributed by atoms with E-state index >= 15 is 0 Å². The van der Waals surface area contributed by atoms with Crippen molar-refractivity contribution in [1.29, 1.82) is 5.26 Å². The van der Waals surface area contributed by atoms with Crippen LogP contribution in [0.4, 0.5) is 0 Å². The maximum Gasteiger partial charge on any atom is 0.264 e. The summed E-state index contributed by atoms with van der Waals surface area (Å²) in [4.78, 5) is 14.3. The summed E-state index contributed by atoms with van der Waals surface area (Å²) in [5, 5.41) is 10.1. The Morgan fingerprint density at radius 1 is 1.27 bits per heavy atom. The molecule has 5 nitrogen and oxygen atoms in total. The number of halogens is 2. The number of amides is 1. The number of hydrogen-bond acceptors (Lipinski definition) is 4. The Morgan fingerprint density at radius 3 is 2.67 bits per heavy atom. The Bertz CT molecular complexity index is 994. The first-order valence-corrected chi connectivity index (χ1v) is 10.9. The third-order valence-electron chi connectivity index (χ3n) is 4.72. The van der Waals surface area contributed by atoms with Crippen LogP contribution in [-0.4, -0.2) is 30.5 Å². The first kappa shape index (κ1) is 22.2. The molecule has 0 unspecified atom stereocenters. The molecule has 0 N–H and O–H groups in total. The standard InChI is InChI=1S/C23H22BrClN2O3/c1-2-29-21-13-16(11-18(14-26)23(28)27-9-5-6-10-27)12-19(24)22(21)30-15-17-7-3-4-8-20(17)25/h3-4,7-8,11-13H,2,5-6,9-10,15H2,1H3/b18-11+. The predicted octanol–water partition coefficient (Wildman–Crippen LogP) is 5.61. The Hall–Kier alpha value is -2.49. The van der Waals surface area contributed by atoms with Gasteiger partial charge in [-0.25, -0.2) is 0 Å². The molecule has 0 saturated carbocycles. The highest BCUT2D eigenvalue weighted by Gasteiger charge is 2.22. The molecule has 1 aliphatic heterocycles. The molecule has 1 aliphatic rings. The van der Waals surface area contributed by atoms with Gasteiger partial charge in [-0.15, -0.1) is 0 Å². The van der Waals surface area contributed by atoms with Crippen LogP contribution in [0.25, 0.3) is 6.08 Å². The normalized spacial score (nSPS) is 13.8. The van der Waals surface area contributed by atoms with Crippen molar-refractivity contribution in [1.82, 2.24) is 4.90 Å². The molecule has 0 radical (unpaired) electrons. The molecule has 30 heavy (non-hydrogen) atoms. The molecule has 0 aliphatic carbocycles. The summed E-state index contributed by atoms with van der Waals surface area (Å²) in [6.07, 6.45) is 3.54. The van der Waals surface area contributed by atoms with Crippen LogP contribution in [0.15, 0.2) is 46.4 Å². The van der Waals surface area contributed by atoms with E-state index in [2.05, 4.69) is 15.9 Å². The zero-order chi connectivity index (χ0) is 21.5. The highest BCUT2D eigenvalue weighted by atomic mass is 79.9. The Balaban J connectivity index is 1.87. The van der Waals surface area contributed by atoms with Crippen LogP contribution in [0.3, 0.4) is 0 Å². The molecule has 1 heterocycles. The molecule has 156 valence electrons. The van der Waals surface area contributed by atoms with Crippen LogP contribution >= 0.6 is 27.5 Å². The summed E-state index contributed by atoms with van der Waals surface area (Å²) in [6.45, 7) is 4.00. The van der Waals surface area contributed by atoms with E-state index in [1.807, 2.05) is 37.3 Å². The van der Waals surface area contributed by atoms with Crippen LogP contribution in [-0.2, 0) is 11.4 Å². The summed E-state index contributed by atoms with van der Waals surface area (Å²) in [5.74, 6) is 0.831. The molecule has 0 aromatic heterocycles. The van der Waals surface area contributed by atoms with Gasteiger partial charge in [-0.05, 0) is 65.5 Å². The molecule has 3 rings (SSSR count). The molecule has 7 heteroatoms. The minimum absolute atomic E-state index is 0.107. The lowest BCUT2D eigenvalue weighted by Gasteiger charge is -2.16. The number of carbonyl (C=O) groups excluding carboxylic acids is 1. The Morgan fingerprint density at radius 2 is 2.00 bits per heavy atom. The molecular weight excluding hydrogens is 468 g/mol. The third-order valence-corrected chi connectivity index (χ3v) is 5.67. The van der Waals surface area contributed by atoms with Crippen LogP contribution < -0.4 is 9.47 Å². The molecule has 2 aromatic carbocycles. The summed E-state index contributed by atoms with van der Waals surface area (Å²) < 4.78 is 12.4. The summed E-state index contributed by atoms with van der Waals surface area (Å²) >= 11 is 9.75. The number of nitriles is 1. The second-order valence-corrected chi connectivity index (χ2v) is 8.07. The maximum atomic E-state index is 12.6. The van der Waals surface area contributed by atoms with E-state index < -0.39 is 0 Å². The number of benzene rings is 2. The Labute approximate surface area is 190 Å². The van der Waals surface area contributed by atoms with E-state index in [-0.39, 0.29) is 18.1 Å². The van der Waals surface area contributed by atoms with Crippen molar-refractivity contribution in [2.45, 2.75) is 26.4 Å². The van der Waals surface area contributed by atoms with E-state index in [1.165, 1.54) is 0 Å². The topological polar surface area (TPSA) is 62.6 Å². The Kier molecular flexibility index (Phi) is 7.78. The third kappa shape index (κ3) is 5.35. The lowest BCUT2D eigenvalue weighted by Crippen LogP contribution is -2.28. The van der Waals surface area contributed by atoms with E-state index in [0.29, 0.717) is 46.3 Å². The van der Waals surface area contributed by atoms with Gasteiger partial charge in [-0.2, -0.15) is 5.26 Å². The second-order valence-electron chi connectivity index (χ2n) is 6.81. The van der Waals surface area contributed by atoms with Gasteiger partial charge in [0.15, 0.2) is 11.5 Å². The summed E-state index contributed by atoms with van der Waals surface area (Å²) in [5.41, 5.74) is 1.65. The van der Waals surface area contributed by atoms with Gasteiger partial charge >= 0.3 is 0 Å². The zero-order valence-corrected chi connectivity index (χ0v) is 19.0. The summed E-state index contributed by atoms with van der Waals surface area (Å²) in [7, 11) is 0. The van der Waals surface area contributed by atoms with Gasteiger partial charge in [0, 0.05) is 23.7 Å². The van der Waals surface area contributed by atoms with Crippen molar-refractivity contribution in [3.63, 3.8) is 0 Å². The van der Waals surface area contributed by atoms with Gasteiger partial charge in [0.25, 0.3) is 5.91 Å². The van der Waals surface area contributed by atoms with Crippen molar-refractivity contribution in [2.24, 2.45) is 0 Å². The van der Waals surface area contributed by atoms with Crippen molar-refractivity contribution in [3.05, 3.63) is 62.6 Å². The minimum Gasteiger partial charge on any atom is -0.490 e. The summed E-state index contributed by atoms with van der Waals surface area (Å²) in [6, 6.07) is 13.1. The highest BCUT2D eigenvalue weighted by molar-refractivity contribution is 9.10. The van der Waals surface area contributed by atoms with Gasteiger partial charge < -0.3 is 14.4 Å². The van der Waals surface area contributed by atoms with E-state index in [0.717, 1.165) is 18.4 Å². The molecule has 1 amide bonds. The smallest absolute Gasteiger partial charge is 0.264 e. The molecule has 1 fully saturated rings. The molecule has 2 aromatic rings. The molecule has 0 bridgehead atoms. The lowest BCUT2D eigenvalue weighted by molar-refractivity contribution is -0.125. The fourth-order valence-electron chi connectivity index (χ4n) is 3.24. The van der Waals surface area contributed by atoms with E-state index in [9.17, 15) is 10.1 Å². The lowest BCUT2D eigenvalue weighted by atomic mass is 10.1. The predicted molar refractivity (Wildman–Crippen MR) is 120 cm³/mol. The number of rotatable bonds is 7. The van der Waals surface area contributed by atoms with Gasteiger partial charge in [-0.1, -0.05) is 29.8 Å². The average Bonchev–Trinajstić information content (AvgIpc) is 3.27. The largest absolute Gasteiger partial charge is 0.490 e. The second kappa shape index (κ2) is 10.5. The number of likely N-dealkylation sites (tertiary alicyclic amines) is 1. The highest BCUT2D eigenvalue weighted by Crippen LogP contribution is 2.38. The minimum atomic E-state index is -0.233. The first-order valence-electron chi connectivity index (χ1n) is 9.77. The number of nitrogens with zero attached hydrogens (tertiary/aromatic N) is 2. The molecular formula is C23H22BrClN2O3. The van der Waals surface area contributed by atoms with Crippen molar-refractivity contribution in [3.8, 4) is 17.6 Å². The van der Waals surface area contributed by atoms with Crippen LogP contribution in [0.1, 0.15) is 30.9 Å². The van der Waals surface area contributed by atoms with Crippen molar-refractivity contribution < 1.29 is 14.3 Å². The zero-order valence-electron chi connectivity index (χ0n) is 16.7. The monoisotopic (exact) mass is 488 g/mol. The average molecular weight is 490 g/mol. The number of carbonyl (C=O) groups is 1. The fourth-order valence-corrected chi connectivity index (χ4v) is 4.00.